The predicted octanol–water partition coefficient (Wildman–Crippen LogP) is 3.91. The van der Waals surface area contributed by atoms with E-state index in [-0.39, 0.29) is 24.2 Å². The summed E-state index contributed by atoms with van der Waals surface area (Å²) in [5, 5.41) is 0. The van der Waals surface area contributed by atoms with Gasteiger partial charge in [-0.1, -0.05) is 13.3 Å². The summed E-state index contributed by atoms with van der Waals surface area (Å²) in [5.41, 5.74) is 2.37. The van der Waals surface area contributed by atoms with Gasteiger partial charge in [0.25, 0.3) is 0 Å². The Morgan fingerprint density at radius 1 is 1.18 bits per heavy atom. The van der Waals surface area contributed by atoms with Crippen LogP contribution in [-0.4, -0.2) is 46.3 Å². The van der Waals surface area contributed by atoms with E-state index < -0.39 is 12.0 Å². The average Bonchev–Trinajstić information content (AvgIpc) is 2.86. The van der Waals surface area contributed by atoms with Crippen molar-refractivity contribution in [2.45, 2.75) is 79.8 Å². The summed E-state index contributed by atoms with van der Waals surface area (Å²) in [6.45, 7) is 12.6. The van der Waals surface area contributed by atoms with Gasteiger partial charge >= 0.3 is 5.97 Å². The zero-order chi connectivity index (χ0) is 21.0. The number of ketones is 1. The molecule has 1 saturated carbocycles. The highest BCUT2D eigenvalue weighted by atomic mass is 16.5. The number of carbonyl (C=O) groups is 3. The van der Waals surface area contributed by atoms with E-state index in [1.165, 1.54) is 0 Å². The second-order valence-electron chi connectivity index (χ2n) is 7.60. The lowest BCUT2D eigenvalue weighted by Crippen LogP contribution is -2.47. The summed E-state index contributed by atoms with van der Waals surface area (Å²) in [7, 11) is 0. The van der Waals surface area contributed by atoms with Crippen molar-refractivity contribution in [3.8, 4) is 0 Å². The van der Waals surface area contributed by atoms with E-state index in [0.717, 1.165) is 31.4 Å². The van der Waals surface area contributed by atoms with Crippen LogP contribution in [0, 0.1) is 19.8 Å². The fourth-order valence-electron chi connectivity index (χ4n) is 4.09. The number of rotatable bonds is 9. The Morgan fingerprint density at radius 3 is 2.29 bits per heavy atom. The second-order valence-corrected chi connectivity index (χ2v) is 7.60. The molecule has 0 bridgehead atoms. The van der Waals surface area contributed by atoms with Crippen LogP contribution in [-0.2, 0) is 16.1 Å². The molecule has 0 aromatic carbocycles. The molecule has 6 nitrogen and oxygen atoms in total. The van der Waals surface area contributed by atoms with Gasteiger partial charge < -0.3 is 14.2 Å². The number of ether oxygens (including phenoxy) is 1. The monoisotopic (exact) mass is 390 g/mol. The third-order valence-electron chi connectivity index (χ3n) is 5.85. The SMILES string of the molecule is CCCN(C(=O)C1CCC1)C(C)C(=O)c1c(C)c(C(=O)OCC)n(CC)c1C. The van der Waals surface area contributed by atoms with Gasteiger partial charge in [-0.05, 0) is 59.4 Å². The first-order valence-corrected chi connectivity index (χ1v) is 10.5. The summed E-state index contributed by atoms with van der Waals surface area (Å²) in [5.74, 6) is -0.370. The van der Waals surface area contributed by atoms with E-state index in [1.807, 2.05) is 25.3 Å². The third kappa shape index (κ3) is 4.01. The molecule has 1 heterocycles. The lowest BCUT2D eigenvalue weighted by molar-refractivity contribution is -0.139. The molecule has 1 aromatic rings. The fourth-order valence-corrected chi connectivity index (χ4v) is 4.09. The number of hydrogen-bond donors (Lipinski definition) is 0. The van der Waals surface area contributed by atoms with Gasteiger partial charge in [0.15, 0.2) is 5.78 Å². The molecule has 0 aliphatic heterocycles. The van der Waals surface area contributed by atoms with Crippen molar-refractivity contribution in [1.82, 2.24) is 9.47 Å². The number of Topliss-reactive ketones (excluding diaryl/α,β-unsaturated/α-hetero) is 1. The molecule has 0 saturated heterocycles. The zero-order valence-corrected chi connectivity index (χ0v) is 18.1. The lowest BCUT2D eigenvalue weighted by Gasteiger charge is -2.35. The number of nitrogens with zero attached hydrogens (tertiary/aromatic N) is 2. The molecule has 0 spiro atoms. The van der Waals surface area contributed by atoms with Crippen LogP contribution < -0.4 is 0 Å². The smallest absolute Gasteiger partial charge is 0.355 e. The molecule has 0 radical (unpaired) electrons. The highest BCUT2D eigenvalue weighted by Gasteiger charge is 2.36. The van der Waals surface area contributed by atoms with Gasteiger partial charge in [-0.15, -0.1) is 0 Å². The predicted molar refractivity (Wildman–Crippen MR) is 109 cm³/mol. The molecule has 1 aromatic heterocycles. The van der Waals surface area contributed by atoms with Crippen LogP contribution in [0.1, 0.15) is 85.5 Å². The summed E-state index contributed by atoms with van der Waals surface area (Å²) in [6, 6.07) is -0.548. The highest BCUT2D eigenvalue weighted by molar-refractivity contribution is 6.06. The van der Waals surface area contributed by atoms with Crippen LogP contribution >= 0.6 is 0 Å². The number of esters is 1. The molecule has 28 heavy (non-hydrogen) atoms. The van der Waals surface area contributed by atoms with Crippen molar-refractivity contribution in [2.75, 3.05) is 13.2 Å². The Bertz CT molecular complexity index is 746. The van der Waals surface area contributed by atoms with E-state index in [2.05, 4.69) is 0 Å². The molecule has 1 fully saturated rings. The second kappa shape index (κ2) is 9.39. The summed E-state index contributed by atoms with van der Waals surface area (Å²) in [6.07, 6.45) is 3.71. The third-order valence-corrected chi connectivity index (χ3v) is 5.85. The lowest BCUT2D eigenvalue weighted by atomic mass is 9.83. The summed E-state index contributed by atoms with van der Waals surface area (Å²) in [4.78, 5) is 40.5. The molecule has 1 aliphatic rings. The quantitative estimate of drug-likeness (QED) is 0.473. The topological polar surface area (TPSA) is 68.6 Å². The first-order valence-electron chi connectivity index (χ1n) is 10.5. The minimum Gasteiger partial charge on any atom is -0.461 e. The molecule has 6 heteroatoms. The maximum Gasteiger partial charge on any atom is 0.355 e. The van der Waals surface area contributed by atoms with E-state index in [1.54, 1.807) is 25.7 Å². The zero-order valence-electron chi connectivity index (χ0n) is 18.1. The Morgan fingerprint density at radius 2 is 1.82 bits per heavy atom. The minimum atomic E-state index is -0.548. The number of aromatic nitrogens is 1. The molecular weight excluding hydrogens is 356 g/mol. The van der Waals surface area contributed by atoms with E-state index in [0.29, 0.717) is 29.9 Å². The van der Waals surface area contributed by atoms with Gasteiger partial charge in [0.2, 0.25) is 5.91 Å². The molecular formula is C22H34N2O4. The summed E-state index contributed by atoms with van der Waals surface area (Å²) >= 11 is 0. The molecule has 1 amide bonds. The van der Waals surface area contributed by atoms with Gasteiger partial charge in [-0.25, -0.2) is 4.79 Å². The average molecular weight is 391 g/mol. The van der Waals surface area contributed by atoms with Crippen molar-refractivity contribution < 1.29 is 19.1 Å². The van der Waals surface area contributed by atoms with Crippen LogP contribution in [0.5, 0.6) is 0 Å². The number of carbonyl (C=O) groups excluding carboxylic acids is 3. The molecule has 156 valence electrons. The Hall–Kier alpha value is -2.11. The number of hydrogen-bond acceptors (Lipinski definition) is 4. The van der Waals surface area contributed by atoms with Crippen LogP contribution in [0.4, 0.5) is 0 Å². The molecule has 2 rings (SSSR count). The van der Waals surface area contributed by atoms with Crippen molar-refractivity contribution in [2.24, 2.45) is 5.92 Å². The standard InChI is InChI=1S/C22H34N2O4/c1-7-13-24(21(26)17-11-10-12-17)16(6)20(25)18-14(4)19(22(27)28-9-3)23(8-2)15(18)5/h16-17H,7-13H2,1-6H3. The maximum atomic E-state index is 13.4. The highest BCUT2D eigenvalue weighted by Crippen LogP contribution is 2.30. The Labute approximate surface area is 168 Å². The van der Waals surface area contributed by atoms with Crippen LogP contribution in [0.15, 0.2) is 0 Å². The molecule has 1 unspecified atom stereocenters. The van der Waals surface area contributed by atoms with Gasteiger partial charge in [-0.3, -0.25) is 9.59 Å². The Kier molecular flexibility index (Phi) is 7.44. The largest absolute Gasteiger partial charge is 0.461 e. The number of amides is 1. The normalized spacial score (nSPS) is 15.1. The van der Waals surface area contributed by atoms with Crippen molar-refractivity contribution in [3.63, 3.8) is 0 Å². The minimum absolute atomic E-state index is 0.0549. The van der Waals surface area contributed by atoms with Crippen molar-refractivity contribution >= 4 is 17.7 Å². The van der Waals surface area contributed by atoms with Gasteiger partial charge in [0.1, 0.15) is 5.69 Å². The fraction of sp³-hybridized carbons (Fsp3) is 0.682. The van der Waals surface area contributed by atoms with Gasteiger partial charge in [-0.2, -0.15) is 0 Å². The van der Waals surface area contributed by atoms with Crippen molar-refractivity contribution in [1.29, 1.82) is 0 Å². The van der Waals surface area contributed by atoms with E-state index in [9.17, 15) is 14.4 Å². The van der Waals surface area contributed by atoms with Crippen LogP contribution in [0.3, 0.4) is 0 Å². The Balaban J connectivity index is 2.40. The maximum absolute atomic E-state index is 13.4. The van der Waals surface area contributed by atoms with Crippen LogP contribution in [0.25, 0.3) is 0 Å². The van der Waals surface area contributed by atoms with Crippen molar-refractivity contribution in [3.05, 3.63) is 22.5 Å². The van der Waals surface area contributed by atoms with Crippen LogP contribution in [0.2, 0.25) is 0 Å². The first kappa shape index (κ1) is 22.2. The molecule has 0 N–H and O–H groups in total. The van der Waals surface area contributed by atoms with E-state index in [4.69, 9.17) is 4.74 Å². The summed E-state index contributed by atoms with van der Waals surface area (Å²) < 4.78 is 7.04. The molecule has 1 atom stereocenters. The van der Waals surface area contributed by atoms with Gasteiger partial charge in [0.05, 0.1) is 12.6 Å². The van der Waals surface area contributed by atoms with E-state index >= 15 is 0 Å². The van der Waals surface area contributed by atoms with Gasteiger partial charge in [0, 0.05) is 30.3 Å². The first-order chi connectivity index (χ1) is 13.3. The molecule has 1 aliphatic carbocycles.